The molecule has 1 aromatic carbocycles. The minimum Gasteiger partial charge on any atom is -0.385 e. The summed E-state index contributed by atoms with van der Waals surface area (Å²) in [6.45, 7) is 6.00. The van der Waals surface area contributed by atoms with Gasteiger partial charge in [0.2, 0.25) is 5.91 Å². The van der Waals surface area contributed by atoms with E-state index in [4.69, 9.17) is 11.6 Å². The van der Waals surface area contributed by atoms with E-state index in [0.29, 0.717) is 43.9 Å². The highest BCUT2D eigenvalue weighted by molar-refractivity contribution is 6.30. The fourth-order valence-electron chi connectivity index (χ4n) is 3.59. The van der Waals surface area contributed by atoms with Crippen molar-refractivity contribution in [3.63, 3.8) is 0 Å². The number of rotatable bonds is 4. The van der Waals surface area contributed by atoms with Crippen LogP contribution in [0.25, 0.3) is 0 Å². The van der Waals surface area contributed by atoms with Crippen LogP contribution in [0.5, 0.6) is 0 Å². The highest BCUT2D eigenvalue weighted by Gasteiger charge is 2.35. The Balaban J connectivity index is 1.56. The lowest BCUT2D eigenvalue weighted by Crippen LogP contribution is -2.45. The Labute approximate surface area is 154 Å². The second kappa shape index (κ2) is 7.22. The normalized spacial score (nSPS) is 16.9. The third-order valence-corrected chi connectivity index (χ3v) is 5.54. The number of aromatic nitrogens is 1. The first-order valence-corrected chi connectivity index (χ1v) is 9.16. The molecule has 0 atom stereocenters. The van der Waals surface area contributed by atoms with Crippen LogP contribution < -0.4 is 0 Å². The van der Waals surface area contributed by atoms with Gasteiger partial charge in [0.05, 0.1) is 5.60 Å². The Hall–Kier alpha value is -1.78. The van der Waals surface area contributed by atoms with Gasteiger partial charge in [-0.05, 0) is 56.5 Å². The van der Waals surface area contributed by atoms with Gasteiger partial charge in [0.25, 0.3) is 0 Å². The Morgan fingerprint density at radius 3 is 2.20 bits per heavy atom. The minimum absolute atomic E-state index is 0.158. The molecule has 0 bridgehead atoms. The summed E-state index contributed by atoms with van der Waals surface area (Å²) in [5, 5.41) is 11.6. The van der Waals surface area contributed by atoms with Crippen molar-refractivity contribution in [1.29, 1.82) is 0 Å². The molecule has 2 heterocycles. The van der Waals surface area contributed by atoms with E-state index in [-0.39, 0.29) is 5.91 Å². The van der Waals surface area contributed by atoms with Crippen molar-refractivity contribution in [1.82, 2.24) is 9.47 Å². The minimum atomic E-state index is -0.866. The SMILES string of the molecule is Cc1ccc(C)n1CCC(=O)N1CCC(O)(c2ccc(Cl)cc2)CC1. The van der Waals surface area contributed by atoms with Gasteiger partial charge in [-0.25, -0.2) is 0 Å². The van der Waals surface area contributed by atoms with Crippen molar-refractivity contribution in [3.8, 4) is 0 Å². The molecule has 134 valence electrons. The number of carbonyl (C=O) groups excluding carboxylic acids is 1. The molecule has 1 aliphatic rings. The lowest BCUT2D eigenvalue weighted by Gasteiger charge is -2.38. The van der Waals surface area contributed by atoms with Crippen LogP contribution in [0.1, 0.15) is 36.2 Å². The summed E-state index contributed by atoms with van der Waals surface area (Å²) >= 11 is 5.92. The van der Waals surface area contributed by atoms with Crippen LogP contribution in [0.15, 0.2) is 36.4 Å². The molecular weight excluding hydrogens is 336 g/mol. The first-order valence-electron chi connectivity index (χ1n) is 8.78. The first kappa shape index (κ1) is 18.0. The average molecular weight is 361 g/mol. The number of amides is 1. The van der Waals surface area contributed by atoms with E-state index in [1.165, 1.54) is 11.4 Å². The summed E-state index contributed by atoms with van der Waals surface area (Å²) in [4.78, 5) is 14.4. The molecule has 0 radical (unpaired) electrons. The van der Waals surface area contributed by atoms with Gasteiger partial charge < -0.3 is 14.6 Å². The van der Waals surface area contributed by atoms with Crippen molar-refractivity contribution in [2.45, 2.75) is 45.3 Å². The summed E-state index contributed by atoms with van der Waals surface area (Å²) in [6.07, 6.45) is 1.61. The average Bonchev–Trinajstić information content (AvgIpc) is 2.92. The number of nitrogens with zero attached hydrogens (tertiary/aromatic N) is 2. The lowest BCUT2D eigenvalue weighted by molar-refractivity contribution is -0.136. The number of hydrogen-bond donors (Lipinski definition) is 1. The number of aliphatic hydroxyl groups is 1. The molecule has 1 fully saturated rings. The standard InChI is InChI=1S/C20H25ClN2O2/c1-15-3-4-16(2)23(15)12-9-19(24)22-13-10-20(25,11-14-22)17-5-7-18(21)8-6-17/h3-8,25H,9-14H2,1-2H3. The fraction of sp³-hybridized carbons (Fsp3) is 0.450. The Bertz CT molecular complexity index is 724. The van der Waals surface area contributed by atoms with Crippen LogP contribution in [0.4, 0.5) is 0 Å². The molecule has 0 unspecified atom stereocenters. The topological polar surface area (TPSA) is 45.5 Å². The van der Waals surface area contributed by atoms with Crippen LogP contribution in [-0.2, 0) is 16.9 Å². The lowest BCUT2D eigenvalue weighted by atomic mass is 9.84. The second-order valence-electron chi connectivity index (χ2n) is 6.94. The molecular formula is C20H25ClN2O2. The summed E-state index contributed by atoms with van der Waals surface area (Å²) in [6, 6.07) is 11.5. The zero-order valence-electron chi connectivity index (χ0n) is 14.8. The summed E-state index contributed by atoms with van der Waals surface area (Å²) < 4.78 is 2.17. The van der Waals surface area contributed by atoms with Crippen molar-refractivity contribution in [2.75, 3.05) is 13.1 Å². The predicted octanol–water partition coefficient (Wildman–Crippen LogP) is 3.66. The van der Waals surface area contributed by atoms with Gasteiger partial charge in [0, 0.05) is 42.5 Å². The van der Waals surface area contributed by atoms with E-state index < -0.39 is 5.60 Å². The molecule has 3 rings (SSSR count). The molecule has 1 N–H and O–H groups in total. The van der Waals surface area contributed by atoms with Gasteiger partial charge in [0.15, 0.2) is 0 Å². The molecule has 4 nitrogen and oxygen atoms in total. The van der Waals surface area contributed by atoms with Gasteiger partial charge in [0.1, 0.15) is 0 Å². The number of benzene rings is 1. The number of likely N-dealkylation sites (tertiary alicyclic amines) is 1. The molecule has 1 aliphatic heterocycles. The molecule has 5 heteroatoms. The molecule has 0 saturated carbocycles. The molecule has 2 aromatic rings. The van der Waals surface area contributed by atoms with Crippen LogP contribution in [0.2, 0.25) is 5.02 Å². The predicted molar refractivity (Wildman–Crippen MR) is 99.7 cm³/mol. The van der Waals surface area contributed by atoms with Crippen molar-refractivity contribution < 1.29 is 9.90 Å². The van der Waals surface area contributed by atoms with Crippen LogP contribution in [0.3, 0.4) is 0 Å². The number of aryl methyl sites for hydroxylation is 2. The third kappa shape index (κ3) is 3.91. The zero-order valence-corrected chi connectivity index (χ0v) is 15.6. The Morgan fingerprint density at radius 2 is 1.64 bits per heavy atom. The maximum atomic E-state index is 12.5. The van der Waals surface area contributed by atoms with Crippen LogP contribution in [0, 0.1) is 13.8 Å². The second-order valence-corrected chi connectivity index (χ2v) is 7.37. The van der Waals surface area contributed by atoms with E-state index in [2.05, 4.69) is 30.5 Å². The third-order valence-electron chi connectivity index (χ3n) is 5.29. The smallest absolute Gasteiger partial charge is 0.224 e. The largest absolute Gasteiger partial charge is 0.385 e. The van der Waals surface area contributed by atoms with Gasteiger partial charge in [-0.3, -0.25) is 4.79 Å². The van der Waals surface area contributed by atoms with Crippen LogP contribution in [-0.4, -0.2) is 33.6 Å². The fourth-order valence-corrected chi connectivity index (χ4v) is 3.72. The zero-order chi connectivity index (χ0) is 18.0. The maximum absolute atomic E-state index is 12.5. The van der Waals surface area contributed by atoms with E-state index in [1.807, 2.05) is 17.0 Å². The molecule has 0 spiro atoms. The summed E-state index contributed by atoms with van der Waals surface area (Å²) in [7, 11) is 0. The van der Waals surface area contributed by atoms with Crippen molar-refractivity contribution >= 4 is 17.5 Å². The Kier molecular flexibility index (Phi) is 5.21. The highest BCUT2D eigenvalue weighted by atomic mass is 35.5. The van der Waals surface area contributed by atoms with Crippen molar-refractivity contribution in [3.05, 3.63) is 58.4 Å². The first-order chi connectivity index (χ1) is 11.9. The number of hydrogen-bond acceptors (Lipinski definition) is 2. The van der Waals surface area contributed by atoms with Gasteiger partial charge in [-0.2, -0.15) is 0 Å². The van der Waals surface area contributed by atoms with E-state index >= 15 is 0 Å². The number of halogens is 1. The van der Waals surface area contributed by atoms with Gasteiger partial charge >= 0.3 is 0 Å². The number of carbonyl (C=O) groups is 1. The van der Waals surface area contributed by atoms with E-state index in [9.17, 15) is 9.90 Å². The van der Waals surface area contributed by atoms with Crippen molar-refractivity contribution in [2.24, 2.45) is 0 Å². The summed E-state index contributed by atoms with van der Waals surface area (Å²) in [5.74, 6) is 0.158. The molecule has 25 heavy (non-hydrogen) atoms. The number of piperidine rings is 1. The molecule has 1 amide bonds. The monoisotopic (exact) mass is 360 g/mol. The molecule has 0 aliphatic carbocycles. The molecule has 1 saturated heterocycles. The quantitative estimate of drug-likeness (QED) is 0.904. The molecule has 1 aromatic heterocycles. The van der Waals surface area contributed by atoms with Crippen LogP contribution >= 0.6 is 11.6 Å². The highest BCUT2D eigenvalue weighted by Crippen LogP contribution is 2.33. The maximum Gasteiger partial charge on any atom is 0.224 e. The van der Waals surface area contributed by atoms with E-state index in [1.54, 1.807) is 12.1 Å². The van der Waals surface area contributed by atoms with Gasteiger partial charge in [-0.15, -0.1) is 0 Å². The summed E-state index contributed by atoms with van der Waals surface area (Å²) in [5.41, 5.74) is 2.37. The van der Waals surface area contributed by atoms with Gasteiger partial charge in [-0.1, -0.05) is 23.7 Å². The van der Waals surface area contributed by atoms with E-state index in [0.717, 1.165) is 5.56 Å². The Morgan fingerprint density at radius 1 is 1.08 bits per heavy atom.